The molecular formula is C10H22N2O3S2. The Morgan fingerprint density at radius 2 is 2.29 bits per heavy atom. The van der Waals surface area contributed by atoms with E-state index in [1.54, 1.807) is 18.9 Å². The second-order valence-corrected chi connectivity index (χ2v) is 7.75. The van der Waals surface area contributed by atoms with E-state index in [9.17, 15) is 8.42 Å². The van der Waals surface area contributed by atoms with Gasteiger partial charge in [0.05, 0.1) is 0 Å². The van der Waals surface area contributed by atoms with Gasteiger partial charge in [-0.25, -0.2) is 8.42 Å². The predicted molar refractivity (Wildman–Crippen MR) is 72.0 cm³/mol. The van der Waals surface area contributed by atoms with Gasteiger partial charge in [0, 0.05) is 50.6 Å². The van der Waals surface area contributed by atoms with Crippen LogP contribution in [0.15, 0.2) is 0 Å². The lowest BCUT2D eigenvalue weighted by molar-refractivity contribution is 0.174. The molecule has 0 aliphatic carbocycles. The number of sulfone groups is 1. The van der Waals surface area contributed by atoms with E-state index < -0.39 is 9.84 Å². The van der Waals surface area contributed by atoms with Gasteiger partial charge in [0.2, 0.25) is 0 Å². The van der Waals surface area contributed by atoms with E-state index in [1.165, 1.54) is 6.26 Å². The molecule has 102 valence electrons. The molecule has 1 saturated heterocycles. The summed E-state index contributed by atoms with van der Waals surface area (Å²) >= 11 is 1.69. The summed E-state index contributed by atoms with van der Waals surface area (Å²) in [5, 5.41) is -0.380. The molecule has 1 rings (SSSR count). The third kappa shape index (κ3) is 5.13. The first-order chi connectivity index (χ1) is 7.95. The van der Waals surface area contributed by atoms with Crippen LogP contribution in [0.4, 0.5) is 0 Å². The number of thioether (sulfide) groups is 1. The Morgan fingerprint density at radius 3 is 2.88 bits per heavy atom. The number of nitrogens with two attached hydrogens (primary N) is 1. The lowest BCUT2D eigenvalue weighted by Crippen LogP contribution is -2.51. The molecule has 2 N–H and O–H groups in total. The van der Waals surface area contributed by atoms with Crippen LogP contribution in [0.5, 0.6) is 0 Å². The summed E-state index contributed by atoms with van der Waals surface area (Å²) < 4.78 is 28.3. The molecule has 0 saturated carbocycles. The molecule has 0 aromatic heterocycles. The topological polar surface area (TPSA) is 72.6 Å². The van der Waals surface area contributed by atoms with Crippen molar-refractivity contribution in [3.8, 4) is 0 Å². The molecule has 1 heterocycles. The second kappa shape index (κ2) is 6.94. The maximum Gasteiger partial charge on any atom is 0.164 e. The fraction of sp³-hybridized carbons (Fsp3) is 1.00. The van der Waals surface area contributed by atoms with Gasteiger partial charge in [-0.05, 0) is 6.42 Å². The molecular weight excluding hydrogens is 260 g/mol. The van der Waals surface area contributed by atoms with E-state index in [0.717, 1.165) is 18.7 Å². The molecule has 1 fully saturated rings. The number of ether oxygens (including phenoxy) is 1. The smallest absolute Gasteiger partial charge is 0.164 e. The molecule has 1 aliphatic heterocycles. The Kier molecular flexibility index (Phi) is 6.22. The second-order valence-electron chi connectivity index (χ2n) is 4.40. The van der Waals surface area contributed by atoms with Crippen LogP contribution in [0, 0.1) is 0 Å². The molecule has 5 nitrogen and oxygen atoms in total. The molecule has 0 bridgehead atoms. The van der Waals surface area contributed by atoms with Crippen LogP contribution in [0.25, 0.3) is 0 Å². The van der Waals surface area contributed by atoms with Crippen LogP contribution >= 0.6 is 11.8 Å². The van der Waals surface area contributed by atoms with E-state index >= 15 is 0 Å². The van der Waals surface area contributed by atoms with Crippen molar-refractivity contribution in [1.29, 1.82) is 0 Å². The highest BCUT2D eigenvalue weighted by molar-refractivity contribution is 8.00. The highest BCUT2D eigenvalue weighted by Crippen LogP contribution is 2.20. The summed E-state index contributed by atoms with van der Waals surface area (Å²) in [6.45, 7) is 2.04. The lowest BCUT2D eigenvalue weighted by atomic mass is 10.2. The molecule has 0 aromatic carbocycles. The summed E-state index contributed by atoms with van der Waals surface area (Å²) in [7, 11) is -1.38. The van der Waals surface area contributed by atoms with Crippen molar-refractivity contribution < 1.29 is 13.2 Å². The quantitative estimate of drug-likeness (QED) is 0.725. The monoisotopic (exact) mass is 282 g/mol. The standard InChI is InChI=1S/C10H22N2O3S2/c1-15-5-3-9(11)7-12-4-6-16-8-10(12)17(2,13)14/h9-10H,3-8,11H2,1-2H3. The molecule has 0 aromatic rings. The van der Waals surface area contributed by atoms with Gasteiger partial charge in [0.1, 0.15) is 5.37 Å². The highest BCUT2D eigenvalue weighted by atomic mass is 32.2. The molecule has 0 radical (unpaired) electrons. The lowest BCUT2D eigenvalue weighted by Gasteiger charge is -2.35. The minimum atomic E-state index is -3.02. The zero-order chi connectivity index (χ0) is 12.9. The van der Waals surface area contributed by atoms with Gasteiger partial charge in [-0.1, -0.05) is 0 Å². The average molecular weight is 282 g/mol. The first-order valence-electron chi connectivity index (χ1n) is 5.70. The van der Waals surface area contributed by atoms with Gasteiger partial charge in [-0.3, -0.25) is 4.90 Å². The molecule has 2 atom stereocenters. The zero-order valence-corrected chi connectivity index (χ0v) is 12.1. The Bertz CT molecular complexity index is 322. The normalized spacial score (nSPS) is 24.8. The van der Waals surface area contributed by atoms with Gasteiger partial charge < -0.3 is 10.5 Å². The van der Waals surface area contributed by atoms with Gasteiger partial charge in [0.15, 0.2) is 9.84 Å². The van der Waals surface area contributed by atoms with Crippen molar-refractivity contribution in [1.82, 2.24) is 4.90 Å². The van der Waals surface area contributed by atoms with E-state index in [0.29, 0.717) is 18.9 Å². The Balaban J connectivity index is 2.54. The van der Waals surface area contributed by atoms with E-state index in [-0.39, 0.29) is 11.4 Å². The average Bonchev–Trinajstić information content (AvgIpc) is 2.25. The van der Waals surface area contributed by atoms with Crippen molar-refractivity contribution in [3.05, 3.63) is 0 Å². The fourth-order valence-electron chi connectivity index (χ4n) is 1.88. The Labute approximate surface area is 108 Å². The number of hydrogen-bond acceptors (Lipinski definition) is 6. The van der Waals surface area contributed by atoms with Crippen molar-refractivity contribution in [2.75, 3.05) is 44.6 Å². The zero-order valence-electron chi connectivity index (χ0n) is 10.5. The molecule has 1 aliphatic rings. The molecule has 2 unspecified atom stereocenters. The van der Waals surface area contributed by atoms with Gasteiger partial charge in [0.25, 0.3) is 0 Å². The Hall–Kier alpha value is 0.180. The van der Waals surface area contributed by atoms with Crippen LogP contribution in [-0.4, -0.2) is 69.3 Å². The third-order valence-corrected chi connectivity index (χ3v) is 5.53. The highest BCUT2D eigenvalue weighted by Gasteiger charge is 2.31. The largest absolute Gasteiger partial charge is 0.385 e. The van der Waals surface area contributed by atoms with E-state index in [1.807, 2.05) is 4.90 Å². The van der Waals surface area contributed by atoms with Crippen molar-refractivity contribution in [2.45, 2.75) is 17.8 Å². The van der Waals surface area contributed by atoms with E-state index in [2.05, 4.69) is 0 Å². The van der Waals surface area contributed by atoms with Crippen LogP contribution in [-0.2, 0) is 14.6 Å². The van der Waals surface area contributed by atoms with Crippen LogP contribution < -0.4 is 5.73 Å². The minimum absolute atomic E-state index is 0.0256. The summed E-state index contributed by atoms with van der Waals surface area (Å²) in [5.74, 6) is 1.62. The summed E-state index contributed by atoms with van der Waals surface area (Å²) in [4.78, 5) is 1.99. The summed E-state index contributed by atoms with van der Waals surface area (Å²) in [6, 6.07) is -0.0256. The molecule has 0 spiro atoms. The molecule has 0 amide bonds. The van der Waals surface area contributed by atoms with Crippen LogP contribution in [0.1, 0.15) is 6.42 Å². The first-order valence-corrected chi connectivity index (χ1v) is 8.81. The minimum Gasteiger partial charge on any atom is -0.385 e. The van der Waals surface area contributed by atoms with Gasteiger partial charge in [-0.15, -0.1) is 0 Å². The SMILES string of the molecule is COCCC(N)CN1CCSCC1S(C)(=O)=O. The Morgan fingerprint density at radius 1 is 1.59 bits per heavy atom. The molecule has 7 heteroatoms. The number of hydrogen-bond donors (Lipinski definition) is 1. The number of nitrogens with zero attached hydrogens (tertiary/aromatic N) is 1. The van der Waals surface area contributed by atoms with Crippen LogP contribution in [0.2, 0.25) is 0 Å². The van der Waals surface area contributed by atoms with Crippen molar-refractivity contribution >= 4 is 21.6 Å². The third-order valence-electron chi connectivity index (χ3n) is 2.85. The fourth-order valence-corrected chi connectivity index (χ4v) is 4.83. The maximum atomic E-state index is 11.7. The van der Waals surface area contributed by atoms with Crippen molar-refractivity contribution in [2.24, 2.45) is 5.73 Å². The number of methoxy groups -OCH3 is 1. The molecule has 17 heavy (non-hydrogen) atoms. The maximum absolute atomic E-state index is 11.7. The van der Waals surface area contributed by atoms with Gasteiger partial charge in [-0.2, -0.15) is 11.8 Å². The predicted octanol–water partition coefficient (Wildman–Crippen LogP) is -0.230. The summed E-state index contributed by atoms with van der Waals surface area (Å²) in [5.41, 5.74) is 5.97. The summed E-state index contributed by atoms with van der Waals surface area (Å²) in [6.07, 6.45) is 2.06. The van der Waals surface area contributed by atoms with Gasteiger partial charge >= 0.3 is 0 Å². The number of rotatable bonds is 6. The first kappa shape index (κ1) is 15.2. The van der Waals surface area contributed by atoms with E-state index in [4.69, 9.17) is 10.5 Å². The van der Waals surface area contributed by atoms with Crippen molar-refractivity contribution in [3.63, 3.8) is 0 Å². The van der Waals surface area contributed by atoms with Crippen LogP contribution in [0.3, 0.4) is 0 Å².